The number of benzene rings is 1. The lowest BCUT2D eigenvalue weighted by atomic mass is 9.95. The summed E-state index contributed by atoms with van der Waals surface area (Å²) in [7, 11) is 3.35. The molecule has 1 aromatic heterocycles. The van der Waals surface area contributed by atoms with Crippen molar-refractivity contribution in [3.8, 4) is 0 Å². The number of ether oxygens (including phenoxy) is 1. The number of hydrogen-bond acceptors (Lipinski definition) is 7. The molecule has 1 fully saturated rings. The molecule has 3 rings (SSSR count). The Bertz CT molecular complexity index is 787. The first-order valence-electron chi connectivity index (χ1n) is 8.89. The van der Waals surface area contributed by atoms with Gasteiger partial charge in [0, 0.05) is 18.8 Å². The zero-order valence-electron chi connectivity index (χ0n) is 15.4. The van der Waals surface area contributed by atoms with E-state index in [2.05, 4.69) is 30.5 Å². The van der Waals surface area contributed by atoms with Crippen LogP contribution in [0, 0.1) is 0 Å². The number of amides is 2. The maximum absolute atomic E-state index is 12.1. The van der Waals surface area contributed by atoms with Gasteiger partial charge in [0.05, 0.1) is 12.7 Å². The van der Waals surface area contributed by atoms with E-state index in [4.69, 9.17) is 0 Å². The lowest BCUT2D eigenvalue weighted by Crippen LogP contribution is -2.33. The van der Waals surface area contributed by atoms with E-state index in [-0.39, 0.29) is 0 Å². The second kappa shape index (κ2) is 8.81. The summed E-state index contributed by atoms with van der Waals surface area (Å²) >= 11 is 1.35. The van der Waals surface area contributed by atoms with Gasteiger partial charge >= 0.3 is 12.0 Å². The molecule has 2 amide bonds. The fourth-order valence-corrected chi connectivity index (χ4v) is 3.87. The molecule has 0 aliphatic heterocycles. The Morgan fingerprint density at radius 2 is 1.81 bits per heavy atom. The molecule has 0 spiro atoms. The average molecular weight is 389 g/mol. The van der Waals surface area contributed by atoms with Crippen molar-refractivity contribution in [3.63, 3.8) is 0 Å². The van der Waals surface area contributed by atoms with Gasteiger partial charge in [-0.3, -0.25) is 5.32 Å². The summed E-state index contributed by atoms with van der Waals surface area (Å²) in [5.41, 5.74) is 0.979. The molecule has 2 N–H and O–H groups in total. The highest BCUT2D eigenvalue weighted by Crippen LogP contribution is 2.29. The van der Waals surface area contributed by atoms with E-state index in [0.29, 0.717) is 22.4 Å². The number of methoxy groups -OCH3 is 1. The monoisotopic (exact) mass is 389 g/mol. The number of aromatic nitrogens is 2. The number of urea groups is 1. The largest absolute Gasteiger partial charge is 0.465 e. The van der Waals surface area contributed by atoms with Crippen molar-refractivity contribution < 1.29 is 14.3 Å². The minimum atomic E-state index is -0.422. The number of carbonyl (C=O) groups excluding carboxylic acids is 2. The summed E-state index contributed by atoms with van der Waals surface area (Å²) in [5.74, 6) is -0.422. The van der Waals surface area contributed by atoms with Gasteiger partial charge in [0.15, 0.2) is 0 Å². The van der Waals surface area contributed by atoms with Gasteiger partial charge in [-0.05, 0) is 37.1 Å². The molecule has 0 bridgehead atoms. The Morgan fingerprint density at radius 3 is 2.48 bits per heavy atom. The number of carbonyl (C=O) groups is 2. The number of anilines is 3. The first kappa shape index (κ1) is 19.1. The van der Waals surface area contributed by atoms with Crippen LogP contribution in [-0.2, 0) is 4.74 Å². The van der Waals surface area contributed by atoms with Crippen LogP contribution in [0.15, 0.2) is 24.3 Å². The van der Waals surface area contributed by atoms with Crippen LogP contribution in [0.1, 0.15) is 42.5 Å². The van der Waals surface area contributed by atoms with Gasteiger partial charge < -0.3 is 15.0 Å². The number of hydrogen-bond donors (Lipinski definition) is 2. The lowest BCUT2D eigenvalue weighted by Gasteiger charge is -2.30. The van der Waals surface area contributed by atoms with Crippen molar-refractivity contribution in [2.45, 2.75) is 38.1 Å². The number of esters is 1. The van der Waals surface area contributed by atoms with Gasteiger partial charge in [0.2, 0.25) is 10.3 Å². The topological polar surface area (TPSA) is 96.4 Å². The van der Waals surface area contributed by atoms with Gasteiger partial charge in [-0.2, -0.15) is 0 Å². The highest BCUT2D eigenvalue weighted by molar-refractivity contribution is 7.19. The predicted molar refractivity (Wildman–Crippen MR) is 106 cm³/mol. The molecule has 2 aromatic rings. The second-order valence-corrected chi connectivity index (χ2v) is 7.40. The van der Waals surface area contributed by atoms with Gasteiger partial charge in [0.25, 0.3) is 0 Å². The molecule has 9 heteroatoms. The van der Waals surface area contributed by atoms with Crippen molar-refractivity contribution in [2.24, 2.45) is 0 Å². The summed E-state index contributed by atoms with van der Waals surface area (Å²) in [4.78, 5) is 25.7. The molecule has 0 radical (unpaired) electrons. The van der Waals surface area contributed by atoms with Gasteiger partial charge in [-0.1, -0.05) is 30.6 Å². The second-order valence-electron chi connectivity index (χ2n) is 6.44. The summed E-state index contributed by atoms with van der Waals surface area (Å²) < 4.78 is 4.65. The van der Waals surface area contributed by atoms with E-state index in [1.165, 1.54) is 50.6 Å². The van der Waals surface area contributed by atoms with Crippen molar-refractivity contribution in [1.82, 2.24) is 10.2 Å². The Morgan fingerprint density at radius 1 is 1.11 bits per heavy atom. The summed E-state index contributed by atoms with van der Waals surface area (Å²) in [6, 6.07) is 6.51. The third-order valence-electron chi connectivity index (χ3n) is 4.62. The van der Waals surface area contributed by atoms with Crippen LogP contribution in [0.25, 0.3) is 0 Å². The van der Waals surface area contributed by atoms with Crippen LogP contribution >= 0.6 is 11.3 Å². The fourth-order valence-electron chi connectivity index (χ4n) is 3.10. The Labute approximate surface area is 161 Å². The molecule has 1 aliphatic rings. The Hall–Kier alpha value is -2.68. The van der Waals surface area contributed by atoms with E-state index < -0.39 is 12.0 Å². The molecule has 27 heavy (non-hydrogen) atoms. The minimum absolute atomic E-state index is 0.413. The molecule has 0 unspecified atom stereocenters. The van der Waals surface area contributed by atoms with Crippen LogP contribution in [0.5, 0.6) is 0 Å². The first-order chi connectivity index (χ1) is 13.1. The Balaban J connectivity index is 1.55. The van der Waals surface area contributed by atoms with Gasteiger partial charge in [-0.15, -0.1) is 10.2 Å². The van der Waals surface area contributed by atoms with E-state index in [9.17, 15) is 9.59 Å². The van der Waals surface area contributed by atoms with E-state index in [0.717, 1.165) is 5.13 Å². The SMILES string of the molecule is COC(=O)c1ccc(NC(=O)Nc2nnc(N(C)C3CCCCC3)s2)cc1. The molecule has 144 valence electrons. The number of rotatable bonds is 5. The molecule has 8 nitrogen and oxygen atoms in total. The van der Waals surface area contributed by atoms with Crippen molar-refractivity contribution >= 4 is 39.3 Å². The zero-order valence-corrected chi connectivity index (χ0v) is 16.2. The average Bonchev–Trinajstić information content (AvgIpc) is 3.16. The standard InChI is InChI=1S/C18H23N5O3S/c1-23(14-6-4-3-5-7-14)18-22-21-17(27-18)20-16(25)19-13-10-8-12(9-11-13)15(24)26-2/h8-11,14H,3-7H2,1-2H3,(H2,19,20,21,25). The molecule has 1 saturated carbocycles. The number of nitrogens with zero attached hydrogens (tertiary/aromatic N) is 3. The minimum Gasteiger partial charge on any atom is -0.465 e. The zero-order chi connectivity index (χ0) is 19.2. The molecule has 1 aromatic carbocycles. The van der Waals surface area contributed by atoms with Crippen molar-refractivity contribution in [3.05, 3.63) is 29.8 Å². The molecular formula is C18H23N5O3S. The molecule has 1 aliphatic carbocycles. The van der Waals surface area contributed by atoms with Crippen molar-refractivity contribution in [2.75, 3.05) is 29.7 Å². The summed E-state index contributed by atoms with van der Waals surface area (Å²) in [6.07, 6.45) is 6.13. The highest BCUT2D eigenvalue weighted by atomic mass is 32.1. The van der Waals surface area contributed by atoms with Crippen LogP contribution in [-0.4, -0.2) is 42.4 Å². The smallest absolute Gasteiger partial charge is 0.337 e. The van der Waals surface area contributed by atoms with E-state index in [1.807, 2.05) is 7.05 Å². The van der Waals surface area contributed by atoms with Crippen molar-refractivity contribution in [1.29, 1.82) is 0 Å². The predicted octanol–water partition coefficient (Wildman–Crippen LogP) is 3.74. The lowest BCUT2D eigenvalue weighted by molar-refractivity contribution is 0.0600. The van der Waals surface area contributed by atoms with Gasteiger partial charge in [-0.25, -0.2) is 9.59 Å². The summed E-state index contributed by atoms with van der Waals surface area (Å²) in [5, 5.41) is 14.9. The maximum Gasteiger partial charge on any atom is 0.337 e. The third kappa shape index (κ3) is 4.94. The quantitative estimate of drug-likeness (QED) is 0.756. The van der Waals surface area contributed by atoms with Crippen LogP contribution in [0.3, 0.4) is 0 Å². The van der Waals surface area contributed by atoms with Crippen LogP contribution < -0.4 is 15.5 Å². The van der Waals surface area contributed by atoms with E-state index in [1.54, 1.807) is 24.3 Å². The third-order valence-corrected chi connectivity index (χ3v) is 5.55. The molecule has 1 heterocycles. The first-order valence-corrected chi connectivity index (χ1v) is 9.71. The molecule has 0 saturated heterocycles. The van der Waals surface area contributed by atoms with Crippen LogP contribution in [0.4, 0.5) is 20.7 Å². The highest BCUT2D eigenvalue weighted by Gasteiger charge is 2.21. The normalized spacial score (nSPS) is 14.4. The Kier molecular flexibility index (Phi) is 6.23. The van der Waals surface area contributed by atoms with E-state index >= 15 is 0 Å². The maximum atomic E-state index is 12.1. The fraction of sp³-hybridized carbons (Fsp3) is 0.444. The number of nitrogens with one attached hydrogen (secondary N) is 2. The summed E-state index contributed by atoms with van der Waals surface area (Å²) in [6.45, 7) is 0. The van der Waals surface area contributed by atoms with Crippen LogP contribution in [0.2, 0.25) is 0 Å². The molecular weight excluding hydrogens is 366 g/mol. The molecule has 0 atom stereocenters. The van der Waals surface area contributed by atoms with Gasteiger partial charge in [0.1, 0.15) is 0 Å².